The van der Waals surface area contributed by atoms with Crippen molar-refractivity contribution in [2.75, 3.05) is 0 Å². The van der Waals surface area contributed by atoms with Crippen molar-refractivity contribution < 1.29 is 43.9 Å². The Kier molecular flexibility index (Phi) is 5.57. The maximum Gasteiger partial charge on any atom is 0.457 e. The molecule has 0 heterocycles. The van der Waals surface area contributed by atoms with E-state index in [0.717, 1.165) is 37.3 Å². The molecule has 0 fully saturated rings. The number of halogens is 11. The lowest BCUT2D eigenvalue weighted by molar-refractivity contribution is -0.389. The summed E-state index contributed by atoms with van der Waals surface area (Å²) >= 11 is 2.78. The zero-order valence-corrected chi connectivity index (χ0v) is 15.2. The standard InChI is InChI=1S/C17H9BrF10/c1-8-6-11(13(12(18)7-8)9-2-4-10(19)5-3-9)14(20,16(23,24)25)15(21,22)17(26,27)28/h2-7H,1H3. The SMILES string of the molecule is Cc1cc(Br)c(-c2ccc(F)cc2)c(C(F)(C(F)(F)F)C(F)(F)C(F)(F)F)c1. The quantitative estimate of drug-likeness (QED) is 0.397. The summed E-state index contributed by atoms with van der Waals surface area (Å²) in [4.78, 5) is 0. The fourth-order valence-electron chi connectivity index (χ4n) is 2.62. The van der Waals surface area contributed by atoms with Crippen LogP contribution in [0.25, 0.3) is 11.1 Å². The topological polar surface area (TPSA) is 0 Å². The van der Waals surface area contributed by atoms with Gasteiger partial charge in [-0.15, -0.1) is 0 Å². The number of benzene rings is 2. The molecule has 1 unspecified atom stereocenters. The van der Waals surface area contributed by atoms with Gasteiger partial charge in [0.1, 0.15) is 5.82 Å². The van der Waals surface area contributed by atoms with Gasteiger partial charge < -0.3 is 0 Å². The lowest BCUT2D eigenvalue weighted by Gasteiger charge is -2.37. The third-order valence-electron chi connectivity index (χ3n) is 3.92. The van der Waals surface area contributed by atoms with E-state index in [4.69, 9.17) is 0 Å². The van der Waals surface area contributed by atoms with E-state index in [-0.39, 0.29) is 16.1 Å². The van der Waals surface area contributed by atoms with E-state index in [2.05, 4.69) is 15.9 Å². The van der Waals surface area contributed by atoms with Gasteiger partial charge in [0.05, 0.1) is 0 Å². The maximum absolute atomic E-state index is 15.0. The van der Waals surface area contributed by atoms with Crippen LogP contribution in [0.4, 0.5) is 43.9 Å². The molecule has 28 heavy (non-hydrogen) atoms. The summed E-state index contributed by atoms with van der Waals surface area (Å²) in [5.74, 6) is -7.66. The van der Waals surface area contributed by atoms with E-state index >= 15 is 4.39 Å². The van der Waals surface area contributed by atoms with Crippen LogP contribution in [0.3, 0.4) is 0 Å². The molecule has 0 radical (unpaired) electrons. The molecule has 0 aliphatic heterocycles. The predicted octanol–water partition coefficient (Wildman–Crippen LogP) is 7.49. The van der Waals surface area contributed by atoms with Crippen LogP contribution < -0.4 is 0 Å². The predicted molar refractivity (Wildman–Crippen MR) is 84.1 cm³/mol. The summed E-state index contributed by atoms with van der Waals surface area (Å²) < 4.78 is 134. The third kappa shape index (κ3) is 3.48. The van der Waals surface area contributed by atoms with Gasteiger partial charge in [-0.2, -0.15) is 35.1 Å². The van der Waals surface area contributed by atoms with Gasteiger partial charge in [0.2, 0.25) is 0 Å². The van der Waals surface area contributed by atoms with Gasteiger partial charge in [-0.25, -0.2) is 8.78 Å². The van der Waals surface area contributed by atoms with Gasteiger partial charge in [-0.1, -0.05) is 34.1 Å². The van der Waals surface area contributed by atoms with Crippen molar-refractivity contribution >= 4 is 15.9 Å². The maximum atomic E-state index is 15.0. The molecule has 2 aromatic carbocycles. The van der Waals surface area contributed by atoms with Crippen molar-refractivity contribution in [1.82, 2.24) is 0 Å². The van der Waals surface area contributed by atoms with Crippen molar-refractivity contribution in [1.29, 1.82) is 0 Å². The summed E-state index contributed by atoms with van der Waals surface area (Å²) in [6.45, 7) is 1.09. The molecule has 2 rings (SSSR count). The first-order valence-electron chi connectivity index (χ1n) is 7.30. The highest BCUT2D eigenvalue weighted by molar-refractivity contribution is 9.10. The molecule has 0 aliphatic rings. The minimum Gasteiger partial charge on any atom is -0.221 e. The zero-order valence-electron chi connectivity index (χ0n) is 13.6. The first-order chi connectivity index (χ1) is 12.5. The number of rotatable bonds is 3. The number of aryl methyl sites for hydroxylation is 1. The molecule has 0 saturated carbocycles. The van der Waals surface area contributed by atoms with Crippen molar-refractivity contribution in [3.05, 3.63) is 57.8 Å². The highest BCUT2D eigenvalue weighted by Gasteiger charge is 2.82. The van der Waals surface area contributed by atoms with Gasteiger partial charge in [-0.05, 0) is 36.2 Å². The summed E-state index contributed by atoms with van der Waals surface area (Å²) in [6.07, 6.45) is -13.5. The van der Waals surface area contributed by atoms with Gasteiger partial charge in [0, 0.05) is 15.6 Å². The minimum atomic E-state index is -6.84. The monoisotopic (exact) mass is 482 g/mol. The average molecular weight is 483 g/mol. The van der Waals surface area contributed by atoms with E-state index in [9.17, 15) is 39.5 Å². The molecule has 0 bridgehead atoms. The largest absolute Gasteiger partial charge is 0.457 e. The molecule has 0 amide bonds. The molecule has 0 nitrogen and oxygen atoms in total. The van der Waals surface area contributed by atoms with Crippen LogP contribution in [-0.2, 0) is 5.67 Å². The van der Waals surface area contributed by atoms with Crippen LogP contribution in [0.15, 0.2) is 40.9 Å². The lowest BCUT2D eigenvalue weighted by atomic mass is 9.82. The molecular weight excluding hydrogens is 474 g/mol. The average Bonchev–Trinajstić information content (AvgIpc) is 2.52. The highest BCUT2D eigenvalue weighted by Crippen LogP contribution is 2.60. The Morgan fingerprint density at radius 3 is 1.68 bits per heavy atom. The fraction of sp³-hybridized carbons (Fsp3) is 0.294. The van der Waals surface area contributed by atoms with E-state index < -0.39 is 46.5 Å². The molecule has 2 aromatic rings. The van der Waals surface area contributed by atoms with Gasteiger partial charge in [0.25, 0.3) is 0 Å². The Morgan fingerprint density at radius 2 is 1.25 bits per heavy atom. The summed E-state index contributed by atoms with van der Waals surface area (Å²) in [5, 5.41) is 0. The molecule has 0 aromatic heterocycles. The zero-order chi connectivity index (χ0) is 21.7. The second-order valence-electron chi connectivity index (χ2n) is 5.90. The summed E-state index contributed by atoms with van der Waals surface area (Å²) in [6, 6.07) is 4.50. The van der Waals surface area contributed by atoms with Crippen LogP contribution in [0.1, 0.15) is 11.1 Å². The van der Waals surface area contributed by atoms with E-state index in [1.807, 2.05) is 0 Å². The Morgan fingerprint density at radius 1 is 0.750 bits per heavy atom. The molecule has 0 spiro atoms. The summed E-state index contributed by atoms with van der Waals surface area (Å²) in [5.41, 5.74) is -9.56. The Hall–Kier alpha value is -1.78. The van der Waals surface area contributed by atoms with Crippen molar-refractivity contribution in [2.45, 2.75) is 30.9 Å². The van der Waals surface area contributed by atoms with Gasteiger partial charge in [0.15, 0.2) is 0 Å². The number of alkyl halides is 9. The number of hydrogen-bond donors (Lipinski definition) is 0. The fourth-order valence-corrected chi connectivity index (χ4v) is 3.42. The van der Waals surface area contributed by atoms with Crippen molar-refractivity contribution in [2.24, 2.45) is 0 Å². The van der Waals surface area contributed by atoms with Crippen LogP contribution in [-0.4, -0.2) is 18.3 Å². The molecular formula is C17H9BrF10. The Balaban J connectivity index is 2.98. The van der Waals surface area contributed by atoms with Crippen LogP contribution in [0.2, 0.25) is 0 Å². The number of hydrogen-bond acceptors (Lipinski definition) is 0. The second kappa shape index (κ2) is 6.93. The van der Waals surface area contributed by atoms with Gasteiger partial charge >= 0.3 is 23.9 Å². The second-order valence-corrected chi connectivity index (χ2v) is 6.76. The van der Waals surface area contributed by atoms with Crippen LogP contribution in [0, 0.1) is 12.7 Å². The Labute approximate surface area is 160 Å². The summed E-state index contributed by atoms with van der Waals surface area (Å²) in [7, 11) is 0. The Bertz CT molecular complexity index is 867. The van der Waals surface area contributed by atoms with Crippen molar-refractivity contribution in [3.63, 3.8) is 0 Å². The highest BCUT2D eigenvalue weighted by atomic mass is 79.9. The van der Waals surface area contributed by atoms with Crippen molar-refractivity contribution in [3.8, 4) is 11.1 Å². The lowest BCUT2D eigenvalue weighted by Crippen LogP contribution is -2.60. The molecule has 0 aliphatic carbocycles. The first kappa shape index (κ1) is 22.5. The minimum absolute atomic E-state index is 0.211. The molecule has 1 atom stereocenters. The van der Waals surface area contributed by atoms with E-state index in [0.29, 0.717) is 0 Å². The van der Waals surface area contributed by atoms with Crippen LogP contribution >= 0.6 is 15.9 Å². The van der Waals surface area contributed by atoms with E-state index in [1.54, 1.807) is 0 Å². The third-order valence-corrected chi connectivity index (χ3v) is 4.54. The molecule has 11 heteroatoms. The van der Waals surface area contributed by atoms with Gasteiger partial charge in [-0.3, -0.25) is 0 Å². The first-order valence-corrected chi connectivity index (χ1v) is 8.10. The smallest absolute Gasteiger partial charge is 0.221 e. The normalized spacial score (nSPS) is 15.4. The van der Waals surface area contributed by atoms with E-state index in [1.165, 1.54) is 0 Å². The van der Waals surface area contributed by atoms with Crippen LogP contribution in [0.5, 0.6) is 0 Å². The molecule has 0 saturated heterocycles. The molecule has 154 valence electrons. The molecule has 0 N–H and O–H groups in total.